The molecule has 2 aromatic carbocycles. The number of aromatic nitrogens is 2. The number of halogens is 4. The van der Waals surface area contributed by atoms with E-state index in [1.807, 2.05) is 0 Å². The SMILES string of the molecule is Cc1cc(Nc2ccnc(Nc3ccc(S(=O)(=O)N4CCCC(CNCCCC(F)(F)F)C4)cc3)n2)ccc1F. The summed E-state index contributed by atoms with van der Waals surface area (Å²) in [6.45, 7) is 3.10. The molecular weight excluding hydrogens is 548 g/mol. The van der Waals surface area contributed by atoms with Crippen molar-refractivity contribution >= 4 is 33.2 Å². The molecule has 1 aliphatic heterocycles. The Morgan fingerprint density at radius 1 is 1.05 bits per heavy atom. The van der Waals surface area contributed by atoms with Crippen LogP contribution in [0.5, 0.6) is 0 Å². The van der Waals surface area contributed by atoms with E-state index in [1.54, 1.807) is 43.5 Å². The number of sulfonamides is 1. The summed E-state index contributed by atoms with van der Waals surface area (Å²) < 4.78 is 78.4. The summed E-state index contributed by atoms with van der Waals surface area (Å²) in [6, 6.07) is 12.6. The average Bonchev–Trinajstić information content (AvgIpc) is 2.91. The Balaban J connectivity index is 1.32. The molecule has 1 fully saturated rings. The maximum absolute atomic E-state index is 13.5. The Hall–Kier alpha value is -3.29. The molecular formula is C27H32F4N6O2S. The molecule has 1 atom stereocenters. The summed E-state index contributed by atoms with van der Waals surface area (Å²) in [5.74, 6) is 0.530. The van der Waals surface area contributed by atoms with E-state index in [4.69, 9.17) is 0 Å². The fourth-order valence-electron chi connectivity index (χ4n) is 4.48. The van der Waals surface area contributed by atoms with Gasteiger partial charge in [0.15, 0.2) is 0 Å². The highest BCUT2D eigenvalue weighted by Gasteiger charge is 2.30. The van der Waals surface area contributed by atoms with Crippen molar-refractivity contribution in [2.45, 2.75) is 43.7 Å². The maximum atomic E-state index is 13.5. The van der Waals surface area contributed by atoms with Gasteiger partial charge in [0.2, 0.25) is 16.0 Å². The standard InChI is InChI=1S/C27H32F4N6O2S/c1-19-16-22(7-10-24(19)28)34-25-11-14-33-26(36-25)35-21-5-8-23(9-6-21)40(38,39)37-15-2-4-20(18-37)17-32-13-3-12-27(29,30)31/h5-11,14,16,20,32H,2-4,12-13,15,17-18H2,1H3,(H2,33,34,35,36). The van der Waals surface area contributed by atoms with Crippen LogP contribution < -0.4 is 16.0 Å². The Morgan fingerprint density at radius 3 is 2.52 bits per heavy atom. The number of piperidine rings is 1. The van der Waals surface area contributed by atoms with Crippen LogP contribution in [0, 0.1) is 18.7 Å². The third-order valence-corrected chi connectivity index (χ3v) is 8.44. The van der Waals surface area contributed by atoms with Gasteiger partial charge < -0.3 is 16.0 Å². The average molecular weight is 581 g/mol. The Morgan fingerprint density at radius 2 is 1.80 bits per heavy atom. The number of rotatable bonds is 11. The number of nitrogens with zero attached hydrogens (tertiary/aromatic N) is 3. The van der Waals surface area contributed by atoms with Crippen LogP contribution in [0.25, 0.3) is 0 Å². The third kappa shape index (κ3) is 8.35. The fourth-order valence-corrected chi connectivity index (χ4v) is 6.03. The summed E-state index contributed by atoms with van der Waals surface area (Å²) >= 11 is 0. The number of hydrogen-bond donors (Lipinski definition) is 3. The van der Waals surface area contributed by atoms with E-state index in [1.165, 1.54) is 22.5 Å². The van der Waals surface area contributed by atoms with Crippen LogP contribution in [0.3, 0.4) is 0 Å². The number of aryl methyl sites for hydroxylation is 1. The van der Waals surface area contributed by atoms with E-state index in [2.05, 4.69) is 25.9 Å². The summed E-state index contributed by atoms with van der Waals surface area (Å²) in [5.41, 5.74) is 1.77. The van der Waals surface area contributed by atoms with E-state index in [-0.39, 0.29) is 29.6 Å². The van der Waals surface area contributed by atoms with Crippen molar-refractivity contribution in [2.24, 2.45) is 5.92 Å². The Bertz CT molecular complexity index is 1390. The topological polar surface area (TPSA) is 99.2 Å². The summed E-state index contributed by atoms with van der Waals surface area (Å²) in [5, 5.41) is 9.18. The normalized spacial score (nSPS) is 16.6. The summed E-state index contributed by atoms with van der Waals surface area (Å²) in [4.78, 5) is 8.75. The van der Waals surface area contributed by atoms with E-state index >= 15 is 0 Å². The van der Waals surface area contributed by atoms with Crippen molar-refractivity contribution in [3.8, 4) is 0 Å². The third-order valence-electron chi connectivity index (χ3n) is 6.56. The predicted octanol–water partition coefficient (Wildman–Crippen LogP) is 5.74. The minimum absolute atomic E-state index is 0.00158. The van der Waals surface area contributed by atoms with Gasteiger partial charge in [-0.15, -0.1) is 0 Å². The second-order valence-electron chi connectivity index (χ2n) is 9.80. The van der Waals surface area contributed by atoms with Gasteiger partial charge in [-0.05, 0) is 99.3 Å². The first-order valence-corrected chi connectivity index (χ1v) is 14.4. The first-order valence-electron chi connectivity index (χ1n) is 13.0. The quantitative estimate of drug-likeness (QED) is 0.196. The lowest BCUT2D eigenvalue weighted by Gasteiger charge is -2.32. The Kier molecular flexibility index (Phi) is 9.59. The molecule has 0 bridgehead atoms. The van der Waals surface area contributed by atoms with Gasteiger partial charge in [0.25, 0.3) is 0 Å². The van der Waals surface area contributed by atoms with Crippen LogP contribution in [0.1, 0.15) is 31.2 Å². The molecule has 0 aliphatic carbocycles. The molecule has 13 heteroatoms. The number of benzene rings is 2. The smallest absolute Gasteiger partial charge is 0.340 e. The largest absolute Gasteiger partial charge is 0.389 e. The van der Waals surface area contributed by atoms with Crippen LogP contribution in [-0.4, -0.2) is 55.0 Å². The minimum Gasteiger partial charge on any atom is -0.340 e. The predicted molar refractivity (Wildman–Crippen MR) is 146 cm³/mol. The molecule has 1 unspecified atom stereocenters. The lowest BCUT2D eigenvalue weighted by molar-refractivity contribution is -0.135. The zero-order valence-corrected chi connectivity index (χ0v) is 22.8. The molecule has 1 saturated heterocycles. The molecule has 0 saturated carbocycles. The Labute approximate surface area is 231 Å². The van der Waals surface area contributed by atoms with E-state index in [9.17, 15) is 26.0 Å². The molecule has 0 amide bonds. The highest BCUT2D eigenvalue weighted by Crippen LogP contribution is 2.26. The zero-order valence-electron chi connectivity index (χ0n) is 22.0. The van der Waals surface area contributed by atoms with E-state index < -0.39 is 22.6 Å². The van der Waals surface area contributed by atoms with Crippen molar-refractivity contribution in [1.29, 1.82) is 0 Å². The molecule has 1 aliphatic rings. The van der Waals surface area contributed by atoms with Gasteiger partial charge in [0.05, 0.1) is 4.90 Å². The number of nitrogens with one attached hydrogen (secondary N) is 3. The monoisotopic (exact) mass is 580 g/mol. The van der Waals surface area contributed by atoms with Gasteiger partial charge in [0.1, 0.15) is 11.6 Å². The van der Waals surface area contributed by atoms with Crippen LogP contribution in [0.4, 0.5) is 40.7 Å². The highest BCUT2D eigenvalue weighted by molar-refractivity contribution is 7.89. The first-order chi connectivity index (χ1) is 19.0. The zero-order chi connectivity index (χ0) is 28.8. The summed E-state index contributed by atoms with van der Waals surface area (Å²) in [7, 11) is -3.73. The number of anilines is 4. The van der Waals surface area contributed by atoms with Crippen molar-refractivity contribution in [2.75, 3.05) is 36.8 Å². The van der Waals surface area contributed by atoms with Crippen LogP contribution in [0.2, 0.25) is 0 Å². The molecule has 216 valence electrons. The lowest BCUT2D eigenvalue weighted by atomic mass is 10.00. The molecule has 4 rings (SSSR count). The van der Waals surface area contributed by atoms with Gasteiger partial charge in [-0.3, -0.25) is 0 Å². The van der Waals surface area contributed by atoms with Gasteiger partial charge in [-0.2, -0.15) is 22.5 Å². The van der Waals surface area contributed by atoms with Gasteiger partial charge in [0, 0.05) is 37.1 Å². The lowest BCUT2D eigenvalue weighted by Crippen LogP contribution is -2.43. The molecule has 0 spiro atoms. The minimum atomic E-state index is -4.17. The second-order valence-corrected chi connectivity index (χ2v) is 11.7. The second kappa shape index (κ2) is 12.9. The molecule has 3 N–H and O–H groups in total. The van der Waals surface area contributed by atoms with Crippen molar-refractivity contribution in [3.05, 3.63) is 66.1 Å². The van der Waals surface area contributed by atoms with Crippen LogP contribution in [0.15, 0.2) is 59.6 Å². The van der Waals surface area contributed by atoms with E-state index in [0.717, 1.165) is 6.42 Å². The van der Waals surface area contributed by atoms with Crippen LogP contribution in [-0.2, 0) is 10.0 Å². The van der Waals surface area contributed by atoms with Crippen molar-refractivity contribution in [1.82, 2.24) is 19.6 Å². The highest BCUT2D eigenvalue weighted by atomic mass is 32.2. The van der Waals surface area contributed by atoms with Crippen molar-refractivity contribution in [3.63, 3.8) is 0 Å². The molecule has 8 nitrogen and oxygen atoms in total. The summed E-state index contributed by atoms with van der Waals surface area (Å²) in [6.07, 6.45) is -1.94. The van der Waals surface area contributed by atoms with Gasteiger partial charge in [-0.25, -0.2) is 17.8 Å². The van der Waals surface area contributed by atoms with E-state index in [0.29, 0.717) is 54.8 Å². The maximum Gasteiger partial charge on any atom is 0.389 e. The van der Waals surface area contributed by atoms with Crippen molar-refractivity contribution < 1.29 is 26.0 Å². The molecule has 3 aromatic rings. The molecule has 2 heterocycles. The van der Waals surface area contributed by atoms with Gasteiger partial charge >= 0.3 is 6.18 Å². The number of hydrogen-bond acceptors (Lipinski definition) is 7. The molecule has 0 radical (unpaired) electrons. The molecule has 1 aromatic heterocycles. The number of alkyl halides is 3. The molecule has 40 heavy (non-hydrogen) atoms. The van der Waals surface area contributed by atoms with Crippen LogP contribution >= 0.6 is 0 Å². The first kappa shape index (κ1) is 29.7. The fraction of sp³-hybridized carbons (Fsp3) is 0.407. The van der Waals surface area contributed by atoms with Gasteiger partial charge in [-0.1, -0.05) is 0 Å².